The quantitative estimate of drug-likeness (QED) is 0.881. The van der Waals surface area contributed by atoms with Crippen LogP contribution < -0.4 is 5.32 Å². The van der Waals surface area contributed by atoms with Gasteiger partial charge in [0.1, 0.15) is 11.6 Å². The van der Waals surface area contributed by atoms with Crippen molar-refractivity contribution >= 4 is 15.7 Å². The van der Waals surface area contributed by atoms with Gasteiger partial charge in [0, 0.05) is 6.54 Å². The van der Waals surface area contributed by atoms with Gasteiger partial charge in [0.15, 0.2) is 9.84 Å². The van der Waals surface area contributed by atoms with Crippen molar-refractivity contribution in [1.82, 2.24) is 5.32 Å². The molecule has 2 aromatic carbocycles. The molecule has 122 valence electrons. The first kappa shape index (κ1) is 17.1. The summed E-state index contributed by atoms with van der Waals surface area (Å²) in [6, 6.07) is 12.3. The molecule has 4 nitrogen and oxygen atoms in total. The number of hydrogen-bond donors (Lipinski definition) is 1. The number of benzene rings is 2. The Morgan fingerprint density at radius 2 is 1.65 bits per heavy atom. The van der Waals surface area contributed by atoms with Gasteiger partial charge < -0.3 is 5.32 Å². The van der Waals surface area contributed by atoms with Crippen molar-refractivity contribution in [2.24, 2.45) is 0 Å². The van der Waals surface area contributed by atoms with Crippen molar-refractivity contribution in [2.45, 2.75) is 18.2 Å². The fourth-order valence-corrected chi connectivity index (χ4v) is 3.21. The van der Waals surface area contributed by atoms with E-state index in [0.29, 0.717) is 13.0 Å². The maximum atomic E-state index is 12.8. The second-order valence-corrected chi connectivity index (χ2v) is 7.29. The summed E-state index contributed by atoms with van der Waals surface area (Å²) >= 11 is 0. The number of aryl methyl sites for hydroxylation is 1. The molecular weight excluding hydrogens is 317 g/mol. The lowest BCUT2D eigenvalue weighted by molar-refractivity contribution is -0.118. The molecule has 0 aliphatic heterocycles. The smallest absolute Gasteiger partial charge is 0.235 e. The van der Waals surface area contributed by atoms with Crippen molar-refractivity contribution in [2.75, 3.05) is 12.3 Å². The molecule has 0 aliphatic carbocycles. The van der Waals surface area contributed by atoms with Crippen molar-refractivity contribution in [1.29, 1.82) is 0 Å². The van der Waals surface area contributed by atoms with Crippen molar-refractivity contribution in [3.05, 3.63) is 65.5 Å². The zero-order valence-corrected chi connectivity index (χ0v) is 13.6. The molecule has 6 heteroatoms. The first-order valence-electron chi connectivity index (χ1n) is 7.17. The van der Waals surface area contributed by atoms with Crippen LogP contribution in [0.1, 0.15) is 11.1 Å². The molecule has 1 N–H and O–H groups in total. The number of carbonyl (C=O) groups is 1. The third kappa shape index (κ3) is 5.17. The SMILES string of the molecule is Cc1ccc(S(=O)(=O)CC(=O)NCCc2ccc(F)cc2)cc1. The first-order chi connectivity index (χ1) is 10.9. The summed E-state index contributed by atoms with van der Waals surface area (Å²) in [7, 11) is -3.64. The van der Waals surface area contributed by atoms with Gasteiger partial charge in [0.2, 0.25) is 5.91 Å². The molecule has 2 rings (SSSR count). The van der Waals surface area contributed by atoms with Gasteiger partial charge in [-0.05, 0) is 43.2 Å². The Labute approximate surface area is 135 Å². The van der Waals surface area contributed by atoms with E-state index in [9.17, 15) is 17.6 Å². The highest BCUT2D eigenvalue weighted by Crippen LogP contribution is 2.12. The molecule has 0 saturated carbocycles. The van der Waals surface area contributed by atoms with Crippen LogP contribution in [0.4, 0.5) is 4.39 Å². The average Bonchev–Trinajstić information content (AvgIpc) is 2.49. The van der Waals surface area contributed by atoms with Crippen LogP contribution in [-0.4, -0.2) is 26.6 Å². The number of hydrogen-bond acceptors (Lipinski definition) is 3. The van der Waals surface area contributed by atoms with Crippen LogP contribution in [0.25, 0.3) is 0 Å². The number of amides is 1. The molecule has 0 aliphatic rings. The third-order valence-corrected chi connectivity index (χ3v) is 4.98. The Hall–Kier alpha value is -2.21. The molecular formula is C17H18FNO3S. The number of halogens is 1. The molecule has 0 unspecified atom stereocenters. The maximum Gasteiger partial charge on any atom is 0.235 e. The lowest BCUT2D eigenvalue weighted by Crippen LogP contribution is -2.31. The average molecular weight is 335 g/mol. The highest BCUT2D eigenvalue weighted by molar-refractivity contribution is 7.92. The highest BCUT2D eigenvalue weighted by Gasteiger charge is 2.18. The van der Waals surface area contributed by atoms with Gasteiger partial charge in [-0.3, -0.25) is 4.79 Å². The molecule has 0 aromatic heterocycles. The fraction of sp³-hybridized carbons (Fsp3) is 0.235. The summed E-state index contributed by atoms with van der Waals surface area (Å²) in [6.07, 6.45) is 0.511. The third-order valence-electron chi connectivity index (χ3n) is 3.35. The van der Waals surface area contributed by atoms with Crippen LogP contribution in [-0.2, 0) is 21.1 Å². The number of carbonyl (C=O) groups excluding carboxylic acids is 1. The van der Waals surface area contributed by atoms with E-state index in [1.165, 1.54) is 24.3 Å². The van der Waals surface area contributed by atoms with Gasteiger partial charge >= 0.3 is 0 Å². The van der Waals surface area contributed by atoms with E-state index in [1.54, 1.807) is 24.3 Å². The summed E-state index contributed by atoms with van der Waals surface area (Å²) in [5, 5.41) is 2.57. The normalized spacial score (nSPS) is 11.2. The van der Waals surface area contributed by atoms with Gasteiger partial charge in [-0.1, -0.05) is 29.8 Å². The molecule has 2 aromatic rings. The standard InChI is InChI=1S/C17H18FNO3S/c1-13-2-8-16(9-3-13)23(21,22)12-17(20)19-11-10-14-4-6-15(18)7-5-14/h2-9H,10-12H2,1H3,(H,19,20). The topological polar surface area (TPSA) is 63.2 Å². The van der Waals surface area contributed by atoms with E-state index in [1.807, 2.05) is 6.92 Å². The summed E-state index contributed by atoms with van der Waals surface area (Å²) in [5.41, 5.74) is 1.82. The van der Waals surface area contributed by atoms with Crippen LogP contribution in [0, 0.1) is 12.7 Å². The van der Waals surface area contributed by atoms with E-state index in [4.69, 9.17) is 0 Å². The van der Waals surface area contributed by atoms with Gasteiger partial charge in [0.25, 0.3) is 0 Å². The Balaban J connectivity index is 1.86. The molecule has 0 saturated heterocycles. The Kier molecular flexibility index (Phi) is 5.50. The van der Waals surface area contributed by atoms with E-state index >= 15 is 0 Å². The Bertz CT molecular complexity index is 768. The minimum atomic E-state index is -3.64. The summed E-state index contributed by atoms with van der Waals surface area (Å²) in [5.74, 6) is -1.45. The Morgan fingerprint density at radius 1 is 1.04 bits per heavy atom. The lowest BCUT2D eigenvalue weighted by atomic mass is 10.1. The largest absolute Gasteiger partial charge is 0.355 e. The van der Waals surface area contributed by atoms with E-state index in [0.717, 1.165) is 11.1 Å². The van der Waals surface area contributed by atoms with Gasteiger partial charge in [0.05, 0.1) is 4.90 Å². The highest BCUT2D eigenvalue weighted by atomic mass is 32.2. The minimum Gasteiger partial charge on any atom is -0.355 e. The van der Waals surface area contributed by atoms with Crippen LogP contribution >= 0.6 is 0 Å². The van der Waals surface area contributed by atoms with Crippen molar-refractivity contribution < 1.29 is 17.6 Å². The number of nitrogens with one attached hydrogen (secondary N) is 1. The molecule has 0 spiro atoms. The summed E-state index contributed by atoms with van der Waals surface area (Å²) in [6.45, 7) is 2.16. The second kappa shape index (κ2) is 7.37. The monoisotopic (exact) mass is 335 g/mol. The first-order valence-corrected chi connectivity index (χ1v) is 8.82. The van der Waals surface area contributed by atoms with Gasteiger partial charge in [-0.25, -0.2) is 12.8 Å². The molecule has 0 heterocycles. The molecule has 0 bridgehead atoms. The second-order valence-electron chi connectivity index (χ2n) is 5.30. The van der Waals surface area contributed by atoms with Gasteiger partial charge in [-0.15, -0.1) is 0 Å². The predicted molar refractivity (Wildman–Crippen MR) is 86.3 cm³/mol. The molecule has 23 heavy (non-hydrogen) atoms. The van der Waals surface area contributed by atoms with Crippen LogP contribution in [0.5, 0.6) is 0 Å². The molecule has 0 atom stereocenters. The number of rotatable bonds is 6. The number of sulfone groups is 1. The lowest BCUT2D eigenvalue weighted by Gasteiger charge is -2.07. The zero-order valence-electron chi connectivity index (χ0n) is 12.8. The van der Waals surface area contributed by atoms with Crippen LogP contribution in [0.3, 0.4) is 0 Å². The van der Waals surface area contributed by atoms with Crippen molar-refractivity contribution in [3.63, 3.8) is 0 Å². The molecule has 1 amide bonds. The van der Waals surface area contributed by atoms with Crippen LogP contribution in [0.2, 0.25) is 0 Å². The summed E-state index contributed by atoms with van der Waals surface area (Å²) < 4.78 is 37.0. The van der Waals surface area contributed by atoms with Crippen LogP contribution in [0.15, 0.2) is 53.4 Å². The maximum absolute atomic E-state index is 12.8. The van der Waals surface area contributed by atoms with E-state index in [2.05, 4.69) is 5.32 Å². The fourth-order valence-electron chi connectivity index (χ4n) is 2.05. The zero-order chi connectivity index (χ0) is 16.9. The minimum absolute atomic E-state index is 0.136. The predicted octanol–water partition coefficient (Wildman–Crippen LogP) is 2.27. The molecule has 0 radical (unpaired) electrons. The van der Waals surface area contributed by atoms with Crippen molar-refractivity contribution in [3.8, 4) is 0 Å². The Morgan fingerprint density at radius 3 is 2.26 bits per heavy atom. The molecule has 0 fully saturated rings. The van der Waals surface area contributed by atoms with E-state index < -0.39 is 21.5 Å². The summed E-state index contributed by atoms with van der Waals surface area (Å²) in [4.78, 5) is 11.9. The van der Waals surface area contributed by atoms with E-state index in [-0.39, 0.29) is 10.7 Å². The van der Waals surface area contributed by atoms with Gasteiger partial charge in [-0.2, -0.15) is 0 Å².